The highest BCUT2D eigenvalue weighted by Crippen LogP contribution is 2.31. The Labute approximate surface area is 121 Å². The fraction of sp³-hybridized carbons (Fsp3) is 0.462. The van der Waals surface area contributed by atoms with Gasteiger partial charge in [0.1, 0.15) is 5.84 Å². The summed E-state index contributed by atoms with van der Waals surface area (Å²) in [5.74, 6) is 1.29. The van der Waals surface area contributed by atoms with Crippen molar-refractivity contribution in [1.82, 2.24) is 0 Å². The van der Waals surface area contributed by atoms with Gasteiger partial charge in [-0.15, -0.1) is 0 Å². The third-order valence-electron chi connectivity index (χ3n) is 3.19. The third-order valence-corrected chi connectivity index (χ3v) is 5.20. The monoisotopic (exact) mass is 327 g/mol. The van der Waals surface area contributed by atoms with Crippen molar-refractivity contribution in [2.45, 2.75) is 18.6 Å². The van der Waals surface area contributed by atoms with Gasteiger partial charge in [0.05, 0.1) is 5.69 Å². The Balaban J connectivity index is 2.20. The standard InChI is InChI=1S/C13H18BrN3S/c1-2-10-8-17(5-6-18-10)12-4-3-9(13(15)16)7-11(12)14/h3-4,7,10H,2,5-6,8H2,1H3,(H3,15,16). The molecule has 0 spiro atoms. The normalized spacial score (nSPS) is 19.9. The molecule has 2 rings (SSSR count). The summed E-state index contributed by atoms with van der Waals surface area (Å²) in [6.45, 7) is 4.42. The van der Waals surface area contributed by atoms with Crippen LogP contribution in [0.3, 0.4) is 0 Å². The summed E-state index contributed by atoms with van der Waals surface area (Å²) in [5.41, 5.74) is 7.48. The van der Waals surface area contributed by atoms with Crippen LogP contribution in [0.15, 0.2) is 22.7 Å². The minimum Gasteiger partial charge on any atom is -0.384 e. The smallest absolute Gasteiger partial charge is 0.122 e. The average Bonchev–Trinajstić information content (AvgIpc) is 2.38. The van der Waals surface area contributed by atoms with E-state index >= 15 is 0 Å². The molecule has 1 aromatic rings. The number of hydrogen-bond donors (Lipinski definition) is 2. The molecule has 0 radical (unpaired) electrons. The number of nitrogen functional groups attached to an aromatic ring is 1. The number of halogens is 1. The summed E-state index contributed by atoms with van der Waals surface area (Å²) < 4.78 is 1.02. The first-order valence-electron chi connectivity index (χ1n) is 6.12. The van der Waals surface area contributed by atoms with Crippen molar-refractivity contribution < 1.29 is 0 Å². The second-order valence-corrected chi connectivity index (χ2v) is 6.69. The molecule has 3 N–H and O–H groups in total. The second-order valence-electron chi connectivity index (χ2n) is 4.43. The van der Waals surface area contributed by atoms with Gasteiger partial charge in [0.2, 0.25) is 0 Å². The Morgan fingerprint density at radius 3 is 3.00 bits per heavy atom. The van der Waals surface area contributed by atoms with Crippen LogP contribution in [0, 0.1) is 5.41 Å². The summed E-state index contributed by atoms with van der Waals surface area (Å²) in [4.78, 5) is 2.42. The lowest BCUT2D eigenvalue weighted by atomic mass is 10.1. The van der Waals surface area contributed by atoms with E-state index in [1.165, 1.54) is 17.9 Å². The Hall–Kier alpha value is -0.680. The Bertz CT molecular complexity index is 450. The van der Waals surface area contributed by atoms with Crippen molar-refractivity contribution in [2.75, 3.05) is 23.7 Å². The zero-order chi connectivity index (χ0) is 13.1. The molecule has 1 aliphatic heterocycles. The minimum absolute atomic E-state index is 0.114. The predicted octanol–water partition coefficient (Wildman–Crippen LogP) is 3.06. The van der Waals surface area contributed by atoms with E-state index in [1.807, 2.05) is 12.1 Å². The maximum Gasteiger partial charge on any atom is 0.122 e. The fourth-order valence-corrected chi connectivity index (χ4v) is 3.93. The van der Waals surface area contributed by atoms with Gasteiger partial charge < -0.3 is 10.6 Å². The number of anilines is 1. The number of nitrogens with two attached hydrogens (primary N) is 1. The summed E-state index contributed by atoms with van der Waals surface area (Å²) in [6, 6.07) is 5.91. The largest absolute Gasteiger partial charge is 0.384 e. The maximum absolute atomic E-state index is 7.45. The van der Waals surface area contributed by atoms with Crippen LogP contribution >= 0.6 is 27.7 Å². The highest BCUT2D eigenvalue weighted by molar-refractivity contribution is 9.10. The molecule has 0 aromatic heterocycles. The zero-order valence-electron chi connectivity index (χ0n) is 10.4. The van der Waals surface area contributed by atoms with E-state index < -0.39 is 0 Å². The Morgan fingerprint density at radius 1 is 1.61 bits per heavy atom. The first-order chi connectivity index (χ1) is 8.61. The van der Waals surface area contributed by atoms with Crippen LogP contribution in [-0.4, -0.2) is 29.9 Å². The highest BCUT2D eigenvalue weighted by Gasteiger charge is 2.20. The van der Waals surface area contributed by atoms with Crippen LogP contribution < -0.4 is 10.6 Å². The topological polar surface area (TPSA) is 53.1 Å². The van der Waals surface area contributed by atoms with E-state index in [2.05, 4.69) is 45.6 Å². The van der Waals surface area contributed by atoms with Gasteiger partial charge in [0.15, 0.2) is 0 Å². The van der Waals surface area contributed by atoms with Gasteiger partial charge in [-0.1, -0.05) is 6.92 Å². The van der Waals surface area contributed by atoms with Crippen LogP contribution in [0.5, 0.6) is 0 Å². The Kier molecular flexibility index (Phi) is 4.56. The van der Waals surface area contributed by atoms with Gasteiger partial charge in [-0.25, -0.2) is 0 Å². The summed E-state index contributed by atoms with van der Waals surface area (Å²) in [6.07, 6.45) is 1.21. The number of rotatable bonds is 3. The van der Waals surface area contributed by atoms with Crippen molar-refractivity contribution in [3.05, 3.63) is 28.2 Å². The minimum atomic E-state index is 0.114. The molecule has 0 amide bonds. The summed E-state index contributed by atoms with van der Waals surface area (Å²) >= 11 is 5.66. The molecular weight excluding hydrogens is 310 g/mol. The van der Waals surface area contributed by atoms with Gasteiger partial charge >= 0.3 is 0 Å². The van der Waals surface area contributed by atoms with E-state index in [9.17, 15) is 0 Å². The van der Waals surface area contributed by atoms with Gasteiger partial charge in [-0.3, -0.25) is 5.41 Å². The molecular formula is C13H18BrN3S. The molecule has 0 saturated carbocycles. The van der Waals surface area contributed by atoms with E-state index in [0.717, 1.165) is 28.4 Å². The number of nitrogens with one attached hydrogen (secondary N) is 1. The molecule has 3 nitrogen and oxygen atoms in total. The molecule has 1 fully saturated rings. The molecule has 1 aromatic carbocycles. The van der Waals surface area contributed by atoms with Gasteiger partial charge in [-0.05, 0) is 40.5 Å². The van der Waals surface area contributed by atoms with Gasteiger partial charge in [-0.2, -0.15) is 11.8 Å². The third kappa shape index (κ3) is 3.01. The van der Waals surface area contributed by atoms with Gasteiger partial charge in [0, 0.05) is 34.1 Å². The molecule has 1 heterocycles. The SMILES string of the molecule is CCC1CN(c2ccc(C(=N)N)cc2Br)CCS1. The predicted molar refractivity (Wildman–Crippen MR) is 83.9 cm³/mol. The molecule has 1 unspecified atom stereocenters. The molecule has 18 heavy (non-hydrogen) atoms. The lowest BCUT2D eigenvalue weighted by Crippen LogP contribution is -2.37. The second kappa shape index (κ2) is 5.97. The van der Waals surface area contributed by atoms with Crippen molar-refractivity contribution in [1.29, 1.82) is 5.41 Å². The fourth-order valence-electron chi connectivity index (χ4n) is 2.12. The number of benzene rings is 1. The average molecular weight is 328 g/mol. The van der Waals surface area contributed by atoms with Crippen molar-refractivity contribution >= 4 is 39.2 Å². The summed E-state index contributed by atoms with van der Waals surface area (Å²) in [7, 11) is 0. The highest BCUT2D eigenvalue weighted by atomic mass is 79.9. The first-order valence-corrected chi connectivity index (χ1v) is 7.96. The number of hydrogen-bond acceptors (Lipinski definition) is 3. The van der Waals surface area contributed by atoms with E-state index in [4.69, 9.17) is 11.1 Å². The number of nitrogens with zero attached hydrogens (tertiary/aromatic N) is 1. The van der Waals surface area contributed by atoms with E-state index in [1.54, 1.807) is 0 Å². The van der Waals surface area contributed by atoms with Crippen LogP contribution in [0.1, 0.15) is 18.9 Å². The summed E-state index contributed by atoms with van der Waals surface area (Å²) in [5, 5.41) is 8.17. The molecule has 0 bridgehead atoms. The molecule has 0 aliphatic carbocycles. The van der Waals surface area contributed by atoms with Crippen molar-refractivity contribution in [3.63, 3.8) is 0 Å². The lowest BCUT2D eigenvalue weighted by Gasteiger charge is -2.34. The van der Waals surface area contributed by atoms with Crippen molar-refractivity contribution in [3.8, 4) is 0 Å². The quantitative estimate of drug-likeness (QED) is 0.662. The molecule has 1 aliphatic rings. The van der Waals surface area contributed by atoms with Crippen LogP contribution in [0.4, 0.5) is 5.69 Å². The van der Waals surface area contributed by atoms with E-state index in [0.29, 0.717) is 0 Å². The molecule has 1 atom stereocenters. The van der Waals surface area contributed by atoms with Crippen LogP contribution in [0.25, 0.3) is 0 Å². The van der Waals surface area contributed by atoms with Gasteiger partial charge in [0.25, 0.3) is 0 Å². The molecule has 5 heteroatoms. The van der Waals surface area contributed by atoms with E-state index in [-0.39, 0.29) is 5.84 Å². The van der Waals surface area contributed by atoms with Crippen molar-refractivity contribution in [2.24, 2.45) is 5.73 Å². The van der Waals surface area contributed by atoms with Crippen LogP contribution in [0.2, 0.25) is 0 Å². The molecule has 98 valence electrons. The van der Waals surface area contributed by atoms with Crippen LogP contribution in [-0.2, 0) is 0 Å². The lowest BCUT2D eigenvalue weighted by molar-refractivity contribution is 0.727. The zero-order valence-corrected chi connectivity index (χ0v) is 12.9. The maximum atomic E-state index is 7.45. The number of amidine groups is 1. The Morgan fingerprint density at radius 2 is 2.39 bits per heavy atom. The first kappa shape index (κ1) is 13.7. The number of thioether (sulfide) groups is 1. The molecule has 1 saturated heterocycles.